The molecule has 1 aromatic heterocycles. The highest BCUT2D eigenvalue weighted by Crippen LogP contribution is 2.05. The molecule has 0 bridgehead atoms. The number of hydrogen-bond acceptors (Lipinski definition) is 3. The number of aromatic nitrogens is 1. The minimum Gasteiger partial charge on any atom is -0.384 e. The van der Waals surface area contributed by atoms with Crippen molar-refractivity contribution in [2.24, 2.45) is 0 Å². The Labute approximate surface area is 75.6 Å². The van der Waals surface area contributed by atoms with Gasteiger partial charge in [0.2, 0.25) is 5.24 Å². The Morgan fingerprint density at radius 3 is 2.83 bits per heavy atom. The summed E-state index contributed by atoms with van der Waals surface area (Å²) in [5.74, 6) is 0.482. The van der Waals surface area contributed by atoms with Gasteiger partial charge in [0.05, 0.1) is 0 Å². The molecule has 2 N–H and O–H groups in total. The molecule has 1 rings (SSSR count). The summed E-state index contributed by atoms with van der Waals surface area (Å²) in [6.07, 6.45) is 2.61. The summed E-state index contributed by atoms with van der Waals surface area (Å²) in [5.41, 5.74) is 6.35. The van der Waals surface area contributed by atoms with E-state index in [1.807, 2.05) is 6.07 Å². The van der Waals surface area contributed by atoms with E-state index < -0.39 is 0 Å². The lowest BCUT2D eigenvalue weighted by atomic mass is 10.2. The summed E-state index contributed by atoms with van der Waals surface area (Å²) in [6, 6.07) is 3.54. The van der Waals surface area contributed by atoms with Gasteiger partial charge in [-0.05, 0) is 29.7 Å². The number of halogens is 1. The fourth-order valence-corrected chi connectivity index (χ4v) is 0.921. The van der Waals surface area contributed by atoms with Gasteiger partial charge < -0.3 is 5.73 Å². The third kappa shape index (κ3) is 2.88. The molecule has 64 valence electrons. The van der Waals surface area contributed by atoms with E-state index in [9.17, 15) is 4.79 Å². The fourth-order valence-electron chi connectivity index (χ4n) is 0.826. The van der Waals surface area contributed by atoms with Gasteiger partial charge in [0.15, 0.2) is 0 Å². The van der Waals surface area contributed by atoms with Crippen molar-refractivity contribution in [2.45, 2.75) is 12.8 Å². The van der Waals surface area contributed by atoms with Crippen molar-refractivity contribution in [3.63, 3.8) is 0 Å². The Kier molecular flexibility index (Phi) is 3.05. The zero-order valence-corrected chi connectivity index (χ0v) is 7.21. The van der Waals surface area contributed by atoms with E-state index in [1.54, 1.807) is 12.3 Å². The number of nitrogens with two attached hydrogens (primary N) is 1. The molecule has 0 unspecified atom stereocenters. The quantitative estimate of drug-likeness (QED) is 0.722. The molecule has 0 atom stereocenters. The second-order valence-corrected chi connectivity index (χ2v) is 2.87. The Balaban J connectivity index is 2.53. The monoisotopic (exact) mass is 184 g/mol. The van der Waals surface area contributed by atoms with Crippen LogP contribution >= 0.6 is 11.6 Å². The van der Waals surface area contributed by atoms with Crippen LogP contribution in [-0.2, 0) is 11.2 Å². The lowest BCUT2D eigenvalue weighted by Crippen LogP contribution is -1.94. The summed E-state index contributed by atoms with van der Waals surface area (Å²) >= 11 is 5.17. The highest BCUT2D eigenvalue weighted by atomic mass is 35.5. The minimum atomic E-state index is -0.327. The summed E-state index contributed by atoms with van der Waals surface area (Å²) < 4.78 is 0. The SMILES string of the molecule is Nc1ccc(CCC(=O)Cl)cn1. The maximum Gasteiger partial charge on any atom is 0.221 e. The van der Waals surface area contributed by atoms with Crippen molar-refractivity contribution < 1.29 is 4.79 Å². The predicted molar refractivity (Wildman–Crippen MR) is 47.8 cm³/mol. The first-order valence-electron chi connectivity index (χ1n) is 3.57. The summed E-state index contributed by atoms with van der Waals surface area (Å²) in [6.45, 7) is 0. The van der Waals surface area contributed by atoms with E-state index >= 15 is 0 Å². The average molecular weight is 185 g/mol. The Bertz CT molecular complexity index is 271. The first-order valence-corrected chi connectivity index (χ1v) is 3.95. The van der Waals surface area contributed by atoms with Gasteiger partial charge in [-0.25, -0.2) is 4.98 Å². The molecule has 0 spiro atoms. The zero-order valence-electron chi connectivity index (χ0n) is 6.46. The van der Waals surface area contributed by atoms with Gasteiger partial charge in [0.1, 0.15) is 5.82 Å². The van der Waals surface area contributed by atoms with E-state index in [0.717, 1.165) is 5.56 Å². The van der Waals surface area contributed by atoms with Crippen molar-refractivity contribution in [1.29, 1.82) is 0 Å². The zero-order chi connectivity index (χ0) is 8.97. The molecule has 12 heavy (non-hydrogen) atoms. The molecular formula is C8H9ClN2O. The third-order valence-electron chi connectivity index (χ3n) is 1.46. The number of hydrogen-bond donors (Lipinski definition) is 1. The first kappa shape index (κ1) is 9.00. The average Bonchev–Trinajstić information content (AvgIpc) is 2.03. The van der Waals surface area contributed by atoms with Crippen molar-refractivity contribution >= 4 is 22.7 Å². The van der Waals surface area contributed by atoms with Gasteiger partial charge in [-0.1, -0.05) is 6.07 Å². The molecule has 1 aromatic rings. The largest absolute Gasteiger partial charge is 0.384 e. The third-order valence-corrected chi connectivity index (χ3v) is 1.65. The smallest absolute Gasteiger partial charge is 0.221 e. The van der Waals surface area contributed by atoms with Crippen LogP contribution in [0.15, 0.2) is 18.3 Å². The Morgan fingerprint density at radius 1 is 1.58 bits per heavy atom. The molecule has 0 aliphatic heterocycles. The number of carbonyl (C=O) groups is 1. The number of aryl methyl sites for hydroxylation is 1. The van der Waals surface area contributed by atoms with Crippen molar-refractivity contribution in [2.75, 3.05) is 5.73 Å². The van der Waals surface area contributed by atoms with Crippen LogP contribution < -0.4 is 5.73 Å². The van der Waals surface area contributed by atoms with Crippen LogP contribution in [0.2, 0.25) is 0 Å². The fraction of sp³-hybridized carbons (Fsp3) is 0.250. The van der Waals surface area contributed by atoms with E-state index in [0.29, 0.717) is 18.7 Å². The minimum absolute atomic E-state index is 0.327. The molecule has 0 amide bonds. The summed E-state index contributed by atoms with van der Waals surface area (Å²) in [5, 5.41) is -0.327. The predicted octanol–water partition coefficient (Wildman–Crippen LogP) is 1.36. The van der Waals surface area contributed by atoms with Crippen LogP contribution in [0, 0.1) is 0 Å². The van der Waals surface area contributed by atoms with Gasteiger partial charge in [0.25, 0.3) is 0 Å². The van der Waals surface area contributed by atoms with Gasteiger partial charge in [-0.3, -0.25) is 4.79 Å². The molecule has 0 aliphatic carbocycles. The highest BCUT2D eigenvalue weighted by Gasteiger charge is 1.98. The summed E-state index contributed by atoms with van der Waals surface area (Å²) in [7, 11) is 0. The van der Waals surface area contributed by atoms with Gasteiger partial charge in [-0.2, -0.15) is 0 Å². The molecule has 4 heteroatoms. The maximum absolute atomic E-state index is 10.4. The molecule has 0 fully saturated rings. The van der Waals surface area contributed by atoms with E-state index in [-0.39, 0.29) is 5.24 Å². The van der Waals surface area contributed by atoms with Crippen molar-refractivity contribution in [3.05, 3.63) is 23.9 Å². The molecule has 0 saturated heterocycles. The topological polar surface area (TPSA) is 56.0 Å². The second kappa shape index (κ2) is 4.07. The van der Waals surface area contributed by atoms with Gasteiger partial charge >= 0.3 is 0 Å². The second-order valence-electron chi connectivity index (χ2n) is 2.45. The Morgan fingerprint density at radius 2 is 2.33 bits per heavy atom. The molecule has 0 radical (unpaired) electrons. The van der Waals surface area contributed by atoms with Crippen LogP contribution in [0.25, 0.3) is 0 Å². The van der Waals surface area contributed by atoms with Gasteiger partial charge in [-0.15, -0.1) is 0 Å². The van der Waals surface area contributed by atoms with Crippen molar-refractivity contribution in [1.82, 2.24) is 4.98 Å². The van der Waals surface area contributed by atoms with Crippen LogP contribution in [0.1, 0.15) is 12.0 Å². The van der Waals surface area contributed by atoms with Crippen LogP contribution in [0.4, 0.5) is 5.82 Å². The lowest BCUT2D eigenvalue weighted by molar-refractivity contribution is -0.111. The molecule has 0 aromatic carbocycles. The lowest BCUT2D eigenvalue weighted by Gasteiger charge is -1.97. The molecule has 1 heterocycles. The molecule has 0 saturated carbocycles. The number of nitrogen functional groups attached to an aromatic ring is 1. The number of rotatable bonds is 3. The van der Waals surface area contributed by atoms with E-state index in [1.165, 1.54) is 0 Å². The summed E-state index contributed by atoms with van der Waals surface area (Å²) in [4.78, 5) is 14.3. The standard InChI is InChI=1S/C8H9ClN2O/c9-7(12)3-1-6-2-4-8(10)11-5-6/h2,4-5H,1,3H2,(H2,10,11). The molecule has 3 nitrogen and oxygen atoms in total. The van der Waals surface area contributed by atoms with E-state index in [2.05, 4.69) is 4.98 Å². The van der Waals surface area contributed by atoms with Gasteiger partial charge in [0, 0.05) is 12.6 Å². The maximum atomic E-state index is 10.4. The van der Waals surface area contributed by atoms with E-state index in [4.69, 9.17) is 17.3 Å². The normalized spacial score (nSPS) is 9.75. The first-order chi connectivity index (χ1) is 5.68. The number of anilines is 1. The highest BCUT2D eigenvalue weighted by molar-refractivity contribution is 6.63. The number of carbonyl (C=O) groups excluding carboxylic acids is 1. The molecule has 0 aliphatic rings. The van der Waals surface area contributed by atoms with Crippen LogP contribution in [-0.4, -0.2) is 10.2 Å². The number of pyridine rings is 1. The van der Waals surface area contributed by atoms with Crippen molar-refractivity contribution in [3.8, 4) is 0 Å². The Hall–Kier alpha value is -1.09. The molecular weight excluding hydrogens is 176 g/mol. The van der Waals surface area contributed by atoms with Crippen LogP contribution in [0.5, 0.6) is 0 Å². The number of nitrogens with zero attached hydrogens (tertiary/aromatic N) is 1. The van der Waals surface area contributed by atoms with Crippen LogP contribution in [0.3, 0.4) is 0 Å².